The van der Waals surface area contributed by atoms with Crippen LogP contribution in [0.2, 0.25) is 5.22 Å². The number of hydrogen-bond donors (Lipinski definition) is 1. The SMILES string of the molecule is CC(CO)c1cnc(-c2ccc(Cl)o2)s1. The second kappa shape index (κ2) is 4.35. The molecule has 0 aliphatic carbocycles. The number of aliphatic hydroxyl groups is 1. The van der Waals surface area contributed by atoms with E-state index in [-0.39, 0.29) is 12.5 Å². The number of hydrogen-bond acceptors (Lipinski definition) is 4. The number of rotatable bonds is 3. The normalized spacial score (nSPS) is 13.0. The van der Waals surface area contributed by atoms with Crippen molar-refractivity contribution in [3.05, 3.63) is 28.4 Å². The zero-order valence-electron chi connectivity index (χ0n) is 8.11. The molecular formula is C10H10ClNO2S. The number of furan rings is 1. The molecule has 0 fully saturated rings. The number of nitrogens with zero attached hydrogens (tertiary/aromatic N) is 1. The van der Waals surface area contributed by atoms with Crippen LogP contribution in [0.4, 0.5) is 0 Å². The first-order valence-electron chi connectivity index (χ1n) is 4.53. The molecule has 0 radical (unpaired) electrons. The van der Waals surface area contributed by atoms with Crippen molar-refractivity contribution in [2.45, 2.75) is 12.8 Å². The van der Waals surface area contributed by atoms with Crippen molar-refractivity contribution in [1.29, 1.82) is 0 Å². The van der Waals surface area contributed by atoms with E-state index in [0.29, 0.717) is 11.0 Å². The van der Waals surface area contributed by atoms with E-state index in [4.69, 9.17) is 21.1 Å². The van der Waals surface area contributed by atoms with Crippen LogP contribution in [-0.4, -0.2) is 16.7 Å². The van der Waals surface area contributed by atoms with Crippen LogP contribution < -0.4 is 0 Å². The Morgan fingerprint density at radius 1 is 1.60 bits per heavy atom. The highest BCUT2D eigenvalue weighted by Gasteiger charge is 2.12. The van der Waals surface area contributed by atoms with Gasteiger partial charge >= 0.3 is 0 Å². The molecule has 0 bridgehead atoms. The quantitative estimate of drug-likeness (QED) is 0.901. The van der Waals surface area contributed by atoms with Crippen LogP contribution in [0.25, 0.3) is 10.8 Å². The van der Waals surface area contributed by atoms with Crippen LogP contribution in [0.5, 0.6) is 0 Å². The van der Waals surface area contributed by atoms with Crippen molar-refractivity contribution in [3.63, 3.8) is 0 Å². The molecule has 2 rings (SSSR count). The summed E-state index contributed by atoms with van der Waals surface area (Å²) >= 11 is 7.19. The third kappa shape index (κ3) is 2.22. The lowest BCUT2D eigenvalue weighted by atomic mass is 10.2. The summed E-state index contributed by atoms with van der Waals surface area (Å²) in [5, 5.41) is 10.2. The summed E-state index contributed by atoms with van der Waals surface area (Å²) in [5.74, 6) is 0.781. The largest absolute Gasteiger partial charge is 0.442 e. The van der Waals surface area contributed by atoms with Crippen molar-refractivity contribution in [1.82, 2.24) is 4.98 Å². The Morgan fingerprint density at radius 3 is 3.00 bits per heavy atom. The Kier molecular flexibility index (Phi) is 3.09. The molecule has 5 heteroatoms. The van der Waals surface area contributed by atoms with E-state index >= 15 is 0 Å². The summed E-state index contributed by atoms with van der Waals surface area (Å²) < 4.78 is 5.25. The van der Waals surface area contributed by atoms with E-state index in [1.807, 2.05) is 6.92 Å². The van der Waals surface area contributed by atoms with E-state index in [1.165, 1.54) is 11.3 Å². The third-order valence-corrected chi connectivity index (χ3v) is 3.51. The van der Waals surface area contributed by atoms with Gasteiger partial charge < -0.3 is 9.52 Å². The molecule has 2 heterocycles. The highest BCUT2D eigenvalue weighted by molar-refractivity contribution is 7.15. The minimum absolute atomic E-state index is 0.113. The van der Waals surface area contributed by atoms with Gasteiger partial charge in [0.1, 0.15) is 0 Å². The Hall–Kier alpha value is -0.840. The summed E-state index contributed by atoms with van der Waals surface area (Å²) in [4.78, 5) is 5.27. The Morgan fingerprint density at radius 2 is 2.40 bits per heavy atom. The summed E-state index contributed by atoms with van der Waals surface area (Å²) in [5.41, 5.74) is 0. The van der Waals surface area contributed by atoms with Gasteiger partial charge in [-0.25, -0.2) is 4.98 Å². The first-order chi connectivity index (χ1) is 7.20. The smallest absolute Gasteiger partial charge is 0.194 e. The molecule has 0 spiro atoms. The maximum Gasteiger partial charge on any atom is 0.194 e. The second-order valence-electron chi connectivity index (χ2n) is 3.26. The van der Waals surface area contributed by atoms with Gasteiger partial charge in [-0.2, -0.15) is 0 Å². The predicted octanol–water partition coefficient (Wildman–Crippen LogP) is 3.15. The monoisotopic (exact) mass is 243 g/mol. The van der Waals surface area contributed by atoms with Gasteiger partial charge in [-0.15, -0.1) is 11.3 Å². The third-order valence-electron chi connectivity index (χ3n) is 2.07. The Labute approximate surface area is 96.3 Å². The van der Waals surface area contributed by atoms with Gasteiger partial charge in [-0.3, -0.25) is 0 Å². The van der Waals surface area contributed by atoms with E-state index in [1.54, 1.807) is 18.3 Å². The predicted molar refractivity (Wildman–Crippen MR) is 60.3 cm³/mol. The van der Waals surface area contributed by atoms with Crippen LogP contribution in [0.15, 0.2) is 22.7 Å². The zero-order chi connectivity index (χ0) is 10.8. The summed E-state index contributed by atoms with van der Waals surface area (Å²) in [6.45, 7) is 2.08. The van der Waals surface area contributed by atoms with Crippen LogP contribution in [0.1, 0.15) is 17.7 Å². The van der Waals surface area contributed by atoms with Gasteiger partial charge in [0.25, 0.3) is 0 Å². The fourth-order valence-corrected chi connectivity index (χ4v) is 2.21. The van der Waals surface area contributed by atoms with Crippen molar-refractivity contribution in [2.24, 2.45) is 0 Å². The maximum atomic E-state index is 9.01. The van der Waals surface area contributed by atoms with Crippen LogP contribution in [0.3, 0.4) is 0 Å². The second-order valence-corrected chi connectivity index (χ2v) is 4.69. The molecule has 80 valence electrons. The van der Waals surface area contributed by atoms with Crippen molar-refractivity contribution in [3.8, 4) is 10.8 Å². The lowest BCUT2D eigenvalue weighted by Gasteiger charge is -2.00. The van der Waals surface area contributed by atoms with Crippen molar-refractivity contribution in [2.75, 3.05) is 6.61 Å². The summed E-state index contributed by atoms with van der Waals surface area (Å²) in [6, 6.07) is 3.47. The van der Waals surface area contributed by atoms with E-state index in [9.17, 15) is 0 Å². The first kappa shape index (κ1) is 10.7. The Balaban J connectivity index is 2.27. The number of aliphatic hydroxyl groups excluding tert-OH is 1. The van der Waals surface area contributed by atoms with E-state index < -0.39 is 0 Å². The molecule has 1 N–H and O–H groups in total. The molecule has 3 nitrogen and oxygen atoms in total. The molecular weight excluding hydrogens is 234 g/mol. The minimum atomic E-state index is 0.113. The molecule has 15 heavy (non-hydrogen) atoms. The molecule has 2 aromatic heterocycles. The van der Waals surface area contributed by atoms with Gasteiger partial charge in [-0.05, 0) is 23.7 Å². The molecule has 1 atom stereocenters. The van der Waals surface area contributed by atoms with E-state index in [0.717, 1.165) is 9.88 Å². The van der Waals surface area contributed by atoms with Crippen LogP contribution in [0, 0.1) is 0 Å². The molecule has 0 aromatic carbocycles. The van der Waals surface area contributed by atoms with Crippen LogP contribution >= 0.6 is 22.9 Å². The van der Waals surface area contributed by atoms with Gasteiger partial charge in [0, 0.05) is 17.0 Å². The van der Waals surface area contributed by atoms with E-state index in [2.05, 4.69) is 4.98 Å². The van der Waals surface area contributed by atoms with Gasteiger partial charge in [-0.1, -0.05) is 6.92 Å². The first-order valence-corrected chi connectivity index (χ1v) is 5.72. The summed E-state index contributed by atoms with van der Waals surface area (Å²) in [6.07, 6.45) is 1.76. The van der Waals surface area contributed by atoms with Crippen molar-refractivity contribution < 1.29 is 9.52 Å². The molecule has 0 amide bonds. The average molecular weight is 244 g/mol. The fourth-order valence-electron chi connectivity index (χ4n) is 1.15. The van der Waals surface area contributed by atoms with Gasteiger partial charge in [0.2, 0.25) is 0 Å². The topological polar surface area (TPSA) is 46.3 Å². The molecule has 0 aliphatic heterocycles. The van der Waals surface area contributed by atoms with Gasteiger partial charge in [0.05, 0.1) is 6.61 Å². The standard InChI is InChI=1S/C10H10ClNO2S/c1-6(5-13)8-4-12-10(15-8)7-2-3-9(11)14-7/h2-4,6,13H,5H2,1H3. The highest BCUT2D eigenvalue weighted by atomic mass is 35.5. The van der Waals surface area contributed by atoms with Gasteiger partial charge in [0.15, 0.2) is 16.0 Å². The zero-order valence-corrected chi connectivity index (χ0v) is 9.68. The molecule has 1 unspecified atom stereocenters. The average Bonchev–Trinajstić information content (AvgIpc) is 2.84. The minimum Gasteiger partial charge on any atom is -0.442 e. The summed E-state index contributed by atoms with van der Waals surface area (Å²) in [7, 11) is 0. The highest BCUT2D eigenvalue weighted by Crippen LogP contribution is 2.31. The fraction of sp³-hybridized carbons (Fsp3) is 0.300. The van der Waals surface area contributed by atoms with Crippen LogP contribution in [-0.2, 0) is 0 Å². The maximum absolute atomic E-state index is 9.01. The molecule has 0 saturated carbocycles. The number of halogens is 1. The molecule has 0 aliphatic rings. The lowest BCUT2D eigenvalue weighted by Crippen LogP contribution is -1.94. The Bertz CT molecular complexity index is 452. The number of aromatic nitrogens is 1. The lowest BCUT2D eigenvalue weighted by molar-refractivity contribution is 0.274. The number of thiazole rings is 1. The van der Waals surface area contributed by atoms with Crippen molar-refractivity contribution >= 4 is 22.9 Å². The molecule has 2 aromatic rings. The molecule has 0 saturated heterocycles.